The van der Waals surface area contributed by atoms with Gasteiger partial charge in [0.2, 0.25) is 0 Å². The fourth-order valence-corrected chi connectivity index (χ4v) is 3.35. The molecule has 1 aromatic carbocycles. The third kappa shape index (κ3) is 3.08. The van der Waals surface area contributed by atoms with Gasteiger partial charge < -0.3 is 19.5 Å². The highest BCUT2D eigenvalue weighted by atomic mass is 16.5. The molecule has 0 aliphatic carbocycles. The Morgan fingerprint density at radius 1 is 1.41 bits per heavy atom. The molecule has 22 heavy (non-hydrogen) atoms. The Morgan fingerprint density at radius 3 is 2.95 bits per heavy atom. The lowest BCUT2D eigenvalue weighted by molar-refractivity contribution is -0.0369. The van der Waals surface area contributed by atoms with Crippen LogP contribution in [0.4, 0.5) is 0 Å². The maximum atomic E-state index is 6.38. The molecule has 1 N–H and O–H groups in total. The average molecular weight is 305 g/mol. The summed E-state index contributed by atoms with van der Waals surface area (Å²) < 4.78 is 18.5. The van der Waals surface area contributed by atoms with Crippen LogP contribution in [0.25, 0.3) is 0 Å². The second kappa shape index (κ2) is 6.47. The standard InChI is InChI=1S/C18H27NO3/c1-4-20-16-10-18(8-9-19-12-18)22-15-7-5-6-14(17(15)16)21-11-13(2)3/h5-7,13,16,19H,4,8-12H2,1-3H3. The molecule has 0 radical (unpaired) electrons. The maximum Gasteiger partial charge on any atom is 0.129 e. The highest BCUT2D eigenvalue weighted by Crippen LogP contribution is 2.47. The van der Waals surface area contributed by atoms with E-state index < -0.39 is 0 Å². The second-order valence-electron chi connectivity index (χ2n) is 6.73. The summed E-state index contributed by atoms with van der Waals surface area (Å²) in [5.74, 6) is 2.33. The fraction of sp³-hybridized carbons (Fsp3) is 0.667. The summed E-state index contributed by atoms with van der Waals surface area (Å²) in [6, 6.07) is 6.09. The molecule has 4 nitrogen and oxygen atoms in total. The van der Waals surface area contributed by atoms with Crippen molar-refractivity contribution < 1.29 is 14.2 Å². The van der Waals surface area contributed by atoms with Crippen molar-refractivity contribution in [1.82, 2.24) is 5.32 Å². The minimum absolute atomic E-state index is 0.0528. The molecule has 1 spiro atoms. The molecule has 122 valence electrons. The normalized spacial score (nSPS) is 27.0. The van der Waals surface area contributed by atoms with Crippen LogP contribution in [-0.2, 0) is 4.74 Å². The van der Waals surface area contributed by atoms with E-state index in [4.69, 9.17) is 14.2 Å². The van der Waals surface area contributed by atoms with Gasteiger partial charge in [0.05, 0.1) is 18.3 Å². The Bertz CT molecular complexity index is 509. The van der Waals surface area contributed by atoms with Crippen molar-refractivity contribution in [2.75, 3.05) is 26.3 Å². The van der Waals surface area contributed by atoms with Gasteiger partial charge in [-0.2, -0.15) is 0 Å². The average Bonchev–Trinajstić information content (AvgIpc) is 2.92. The molecule has 1 fully saturated rings. The molecular formula is C18H27NO3. The second-order valence-corrected chi connectivity index (χ2v) is 6.73. The molecule has 4 heteroatoms. The van der Waals surface area contributed by atoms with E-state index in [9.17, 15) is 0 Å². The summed E-state index contributed by atoms with van der Waals surface area (Å²) in [5.41, 5.74) is 0.964. The third-order valence-corrected chi connectivity index (χ3v) is 4.38. The predicted octanol–water partition coefficient (Wildman–Crippen LogP) is 3.31. The van der Waals surface area contributed by atoms with Crippen molar-refractivity contribution in [3.8, 4) is 11.5 Å². The molecule has 2 heterocycles. The number of hydrogen-bond acceptors (Lipinski definition) is 4. The van der Waals surface area contributed by atoms with Crippen molar-refractivity contribution in [2.24, 2.45) is 5.92 Å². The van der Waals surface area contributed by atoms with Crippen molar-refractivity contribution in [3.63, 3.8) is 0 Å². The molecule has 0 aromatic heterocycles. The number of hydrogen-bond donors (Lipinski definition) is 1. The first-order valence-corrected chi connectivity index (χ1v) is 8.40. The molecule has 1 saturated heterocycles. The smallest absolute Gasteiger partial charge is 0.129 e. The summed E-state index contributed by atoms with van der Waals surface area (Å²) >= 11 is 0. The van der Waals surface area contributed by atoms with Crippen molar-refractivity contribution in [3.05, 3.63) is 23.8 Å². The molecule has 0 amide bonds. The fourth-order valence-electron chi connectivity index (χ4n) is 3.35. The number of ether oxygens (including phenoxy) is 3. The molecule has 3 rings (SSSR count). The van der Waals surface area contributed by atoms with Crippen LogP contribution in [-0.4, -0.2) is 31.9 Å². The molecule has 1 aromatic rings. The van der Waals surface area contributed by atoms with Crippen LogP contribution in [0.2, 0.25) is 0 Å². The summed E-state index contributed by atoms with van der Waals surface area (Å²) in [6.45, 7) is 9.68. The van der Waals surface area contributed by atoms with Crippen molar-refractivity contribution in [1.29, 1.82) is 0 Å². The zero-order valence-corrected chi connectivity index (χ0v) is 13.9. The summed E-state index contributed by atoms with van der Waals surface area (Å²) in [7, 11) is 0. The maximum absolute atomic E-state index is 6.38. The van der Waals surface area contributed by atoms with Gasteiger partial charge in [-0.1, -0.05) is 19.9 Å². The van der Waals surface area contributed by atoms with E-state index >= 15 is 0 Å². The van der Waals surface area contributed by atoms with Gasteiger partial charge in [0.1, 0.15) is 17.1 Å². The van der Waals surface area contributed by atoms with Crippen LogP contribution in [0.3, 0.4) is 0 Å². The van der Waals surface area contributed by atoms with Crippen molar-refractivity contribution >= 4 is 0 Å². The van der Waals surface area contributed by atoms with Gasteiger partial charge in [-0.05, 0) is 31.5 Å². The SMILES string of the molecule is CCOC1CC2(CCNC2)Oc2cccc(OCC(C)C)c21. The van der Waals surface area contributed by atoms with Gasteiger partial charge in [0, 0.05) is 26.0 Å². The van der Waals surface area contributed by atoms with Gasteiger partial charge >= 0.3 is 0 Å². The van der Waals surface area contributed by atoms with Crippen LogP contribution in [0.15, 0.2) is 18.2 Å². The van der Waals surface area contributed by atoms with E-state index in [0.717, 1.165) is 43.0 Å². The van der Waals surface area contributed by atoms with Crippen molar-refractivity contribution in [2.45, 2.75) is 45.3 Å². The van der Waals surface area contributed by atoms with Gasteiger partial charge in [-0.25, -0.2) is 0 Å². The monoisotopic (exact) mass is 305 g/mol. The summed E-state index contributed by atoms with van der Waals surface area (Å²) in [5, 5.41) is 3.42. The van der Waals surface area contributed by atoms with E-state index in [1.165, 1.54) is 0 Å². The van der Waals surface area contributed by atoms with Gasteiger partial charge in [-0.15, -0.1) is 0 Å². The van der Waals surface area contributed by atoms with Crippen LogP contribution < -0.4 is 14.8 Å². The van der Waals surface area contributed by atoms with Crippen LogP contribution in [0.1, 0.15) is 45.3 Å². The van der Waals surface area contributed by atoms with Crippen LogP contribution in [0, 0.1) is 5.92 Å². The number of rotatable bonds is 5. The Hall–Kier alpha value is -1.26. The topological polar surface area (TPSA) is 39.7 Å². The quantitative estimate of drug-likeness (QED) is 0.906. The van der Waals surface area contributed by atoms with Crippen LogP contribution >= 0.6 is 0 Å². The lowest BCUT2D eigenvalue weighted by atomic mass is 9.87. The molecule has 2 aliphatic rings. The number of fused-ring (bicyclic) bond motifs is 1. The predicted molar refractivity (Wildman–Crippen MR) is 86.6 cm³/mol. The molecular weight excluding hydrogens is 278 g/mol. The summed E-state index contributed by atoms with van der Waals surface area (Å²) in [4.78, 5) is 0. The Kier molecular flexibility index (Phi) is 4.59. The first-order chi connectivity index (χ1) is 10.6. The number of nitrogens with one attached hydrogen (secondary N) is 1. The Labute approximate surface area is 133 Å². The van der Waals surface area contributed by atoms with Gasteiger partial charge in [0.15, 0.2) is 0 Å². The lowest BCUT2D eigenvalue weighted by Crippen LogP contribution is -2.43. The lowest BCUT2D eigenvalue weighted by Gasteiger charge is -2.39. The first kappa shape index (κ1) is 15.6. The third-order valence-electron chi connectivity index (χ3n) is 4.38. The minimum atomic E-state index is -0.122. The highest BCUT2D eigenvalue weighted by Gasteiger charge is 2.44. The highest BCUT2D eigenvalue weighted by molar-refractivity contribution is 5.48. The molecule has 2 atom stereocenters. The Balaban J connectivity index is 1.92. The molecule has 0 saturated carbocycles. The first-order valence-electron chi connectivity index (χ1n) is 8.40. The largest absolute Gasteiger partial charge is 0.493 e. The number of benzene rings is 1. The minimum Gasteiger partial charge on any atom is -0.493 e. The van der Waals surface area contributed by atoms with E-state index in [1.54, 1.807) is 0 Å². The van der Waals surface area contributed by atoms with E-state index in [1.807, 2.05) is 25.1 Å². The zero-order valence-electron chi connectivity index (χ0n) is 13.9. The summed E-state index contributed by atoms with van der Waals surface area (Å²) in [6.07, 6.45) is 1.98. The van der Waals surface area contributed by atoms with Crippen LogP contribution in [0.5, 0.6) is 11.5 Å². The van der Waals surface area contributed by atoms with Gasteiger partial charge in [-0.3, -0.25) is 0 Å². The van der Waals surface area contributed by atoms with E-state index in [0.29, 0.717) is 19.1 Å². The molecule has 0 bridgehead atoms. The van der Waals surface area contributed by atoms with E-state index in [-0.39, 0.29) is 11.7 Å². The van der Waals surface area contributed by atoms with E-state index in [2.05, 4.69) is 19.2 Å². The zero-order chi connectivity index (χ0) is 15.6. The molecule has 2 aliphatic heterocycles. The Morgan fingerprint density at radius 2 is 2.27 bits per heavy atom. The van der Waals surface area contributed by atoms with Gasteiger partial charge in [0.25, 0.3) is 0 Å². The molecule has 2 unspecified atom stereocenters.